The lowest BCUT2D eigenvalue weighted by Gasteiger charge is -2.23. The number of rotatable bonds is 7. The van der Waals surface area contributed by atoms with Crippen LogP contribution in [0.15, 0.2) is 54.6 Å². The number of hydrogen-bond donors (Lipinski definition) is 1. The lowest BCUT2D eigenvalue weighted by atomic mass is 10.1. The van der Waals surface area contributed by atoms with Crippen molar-refractivity contribution in [1.29, 1.82) is 0 Å². The van der Waals surface area contributed by atoms with Crippen LogP contribution >= 0.6 is 11.6 Å². The van der Waals surface area contributed by atoms with Crippen LogP contribution in [-0.2, 0) is 20.9 Å². The van der Waals surface area contributed by atoms with Crippen molar-refractivity contribution in [3.63, 3.8) is 0 Å². The number of ketones is 1. The van der Waals surface area contributed by atoms with Crippen LogP contribution in [0.1, 0.15) is 12.5 Å². The Bertz CT molecular complexity index is 734. The molecule has 24 heavy (non-hydrogen) atoms. The first kappa shape index (κ1) is 17.7. The van der Waals surface area contributed by atoms with E-state index < -0.39 is 17.7 Å². The first-order chi connectivity index (χ1) is 11.5. The van der Waals surface area contributed by atoms with Gasteiger partial charge in [-0.25, -0.2) is 0 Å². The van der Waals surface area contributed by atoms with Gasteiger partial charge in [-0.1, -0.05) is 41.9 Å². The van der Waals surface area contributed by atoms with Gasteiger partial charge < -0.3 is 10.2 Å². The fraction of sp³-hybridized carbons (Fsp3) is 0.167. The number of para-hydroxylation sites is 1. The van der Waals surface area contributed by atoms with E-state index in [0.717, 1.165) is 5.56 Å². The summed E-state index contributed by atoms with van der Waals surface area (Å²) in [7, 11) is 0. The van der Waals surface area contributed by atoms with Gasteiger partial charge in [0.25, 0.3) is 5.91 Å². The quantitative estimate of drug-likeness (QED) is 0.620. The molecule has 0 saturated heterocycles. The molecule has 2 amide bonds. The number of carbonyl (C=O) groups is 3. The van der Waals surface area contributed by atoms with E-state index >= 15 is 0 Å². The zero-order chi connectivity index (χ0) is 17.5. The van der Waals surface area contributed by atoms with E-state index in [4.69, 9.17) is 11.6 Å². The monoisotopic (exact) mass is 344 g/mol. The number of nitrogens with zero attached hydrogens (tertiary/aromatic N) is 1. The number of Topliss-reactive ketones (excluding diaryl/α,β-unsaturated/α-hetero) is 1. The molecule has 2 rings (SSSR count). The second kappa shape index (κ2) is 8.26. The van der Waals surface area contributed by atoms with Crippen LogP contribution in [0.3, 0.4) is 0 Å². The third kappa shape index (κ3) is 4.43. The van der Waals surface area contributed by atoms with Crippen LogP contribution in [0, 0.1) is 0 Å². The average molecular weight is 345 g/mol. The highest BCUT2D eigenvalue weighted by Gasteiger charge is 2.26. The van der Waals surface area contributed by atoms with E-state index in [-0.39, 0.29) is 6.54 Å². The summed E-state index contributed by atoms with van der Waals surface area (Å²) in [6.07, 6.45) is 0.544. The minimum absolute atomic E-state index is 0.185. The molecule has 1 N–H and O–H groups in total. The number of benzene rings is 2. The van der Waals surface area contributed by atoms with Crippen molar-refractivity contribution in [2.24, 2.45) is 0 Å². The fourth-order valence-electron chi connectivity index (χ4n) is 2.21. The molecule has 0 aliphatic heterocycles. The molecule has 0 bridgehead atoms. The van der Waals surface area contributed by atoms with Crippen molar-refractivity contribution in [1.82, 2.24) is 5.32 Å². The van der Waals surface area contributed by atoms with Crippen molar-refractivity contribution in [2.75, 3.05) is 4.90 Å². The Labute approximate surface area is 145 Å². The van der Waals surface area contributed by atoms with Crippen molar-refractivity contribution in [3.05, 3.63) is 65.2 Å². The number of nitrogens with one attached hydrogen (secondary N) is 1. The third-order valence-electron chi connectivity index (χ3n) is 3.53. The summed E-state index contributed by atoms with van der Waals surface area (Å²) in [6, 6.07) is 14.8. The summed E-state index contributed by atoms with van der Waals surface area (Å²) < 4.78 is 0. The molecule has 0 aliphatic rings. The van der Waals surface area contributed by atoms with Gasteiger partial charge in [-0.2, -0.15) is 0 Å². The van der Waals surface area contributed by atoms with Gasteiger partial charge in [0, 0.05) is 17.3 Å². The van der Waals surface area contributed by atoms with Crippen molar-refractivity contribution in [3.8, 4) is 0 Å². The van der Waals surface area contributed by atoms with E-state index in [1.165, 1.54) is 11.8 Å². The highest BCUT2D eigenvalue weighted by molar-refractivity contribution is 6.39. The Kier molecular flexibility index (Phi) is 6.09. The molecule has 0 heterocycles. The number of anilines is 1. The molecule has 0 saturated carbocycles. The number of halogens is 1. The second-order valence-corrected chi connectivity index (χ2v) is 5.64. The molecule has 6 heteroatoms. The smallest absolute Gasteiger partial charge is 0.289 e. The Morgan fingerprint density at radius 1 is 1.17 bits per heavy atom. The van der Waals surface area contributed by atoms with Crippen LogP contribution in [0.4, 0.5) is 5.69 Å². The molecule has 0 fully saturated rings. The molecule has 1 unspecified atom stereocenters. The van der Waals surface area contributed by atoms with Crippen molar-refractivity contribution in [2.45, 2.75) is 19.5 Å². The van der Waals surface area contributed by atoms with Crippen LogP contribution in [0.2, 0.25) is 5.02 Å². The minimum atomic E-state index is -0.899. The molecule has 124 valence electrons. The molecule has 0 radical (unpaired) electrons. The summed E-state index contributed by atoms with van der Waals surface area (Å²) in [5.41, 5.74) is 1.34. The summed E-state index contributed by atoms with van der Waals surface area (Å²) in [5.74, 6) is -1.43. The molecule has 0 aliphatic carbocycles. The number of hydrogen-bond acceptors (Lipinski definition) is 3. The van der Waals surface area contributed by atoms with Gasteiger partial charge in [-0.15, -0.1) is 0 Å². The Morgan fingerprint density at radius 3 is 2.50 bits per heavy atom. The minimum Gasteiger partial charge on any atom is -0.345 e. The number of carbonyl (C=O) groups excluding carboxylic acids is 3. The highest BCUT2D eigenvalue weighted by Crippen LogP contribution is 2.15. The molecule has 0 aromatic heterocycles. The van der Waals surface area contributed by atoms with E-state index in [1.807, 2.05) is 0 Å². The number of amides is 2. The molecule has 5 nitrogen and oxygen atoms in total. The van der Waals surface area contributed by atoms with E-state index in [9.17, 15) is 14.4 Å². The van der Waals surface area contributed by atoms with Gasteiger partial charge >= 0.3 is 0 Å². The first-order valence-electron chi connectivity index (χ1n) is 7.38. The Morgan fingerprint density at radius 2 is 1.88 bits per heavy atom. The van der Waals surface area contributed by atoms with Crippen LogP contribution in [0.5, 0.6) is 0 Å². The molecule has 2 aromatic rings. The van der Waals surface area contributed by atoms with Gasteiger partial charge in [-0.3, -0.25) is 14.4 Å². The van der Waals surface area contributed by atoms with Crippen molar-refractivity contribution >= 4 is 35.4 Å². The summed E-state index contributed by atoms with van der Waals surface area (Å²) in [5, 5.41) is 3.10. The average Bonchev–Trinajstić information content (AvgIpc) is 2.60. The molecule has 1 atom stereocenters. The summed E-state index contributed by atoms with van der Waals surface area (Å²) in [4.78, 5) is 36.9. The first-order valence-corrected chi connectivity index (χ1v) is 7.76. The highest BCUT2D eigenvalue weighted by atomic mass is 35.5. The Balaban J connectivity index is 2.01. The zero-order valence-electron chi connectivity index (χ0n) is 13.1. The standard InChI is InChI=1S/C18H17ClN2O3/c1-13(21(12-22)16-8-3-2-4-9-16)17(23)18(24)20-11-14-6-5-7-15(19)10-14/h2-10,12-13H,11H2,1H3,(H,20,24). The second-order valence-electron chi connectivity index (χ2n) is 5.20. The summed E-state index contributed by atoms with van der Waals surface area (Å²) in [6.45, 7) is 1.70. The van der Waals surface area contributed by atoms with Gasteiger partial charge in [0.05, 0.1) is 0 Å². The largest absolute Gasteiger partial charge is 0.345 e. The van der Waals surface area contributed by atoms with Crippen LogP contribution in [-0.4, -0.2) is 24.1 Å². The van der Waals surface area contributed by atoms with E-state index in [0.29, 0.717) is 17.1 Å². The predicted molar refractivity (Wildman–Crippen MR) is 92.8 cm³/mol. The van der Waals surface area contributed by atoms with Gasteiger partial charge in [0.2, 0.25) is 12.2 Å². The summed E-state index contributed by atoms with van der Waals surface area (Å²) >= 11 is 5.88. The van der Waals surface area contributed by atoms with Crippen LogP contribution < -0.4 is 10.2 Å². The molecule has 2 aromatic carbocycles. The maximum atomic E-state index is 12.3. The topological polar surface area (TPSA) is 66.5 Å². The lowest BCUT2D eigenvalue weighted by molar-refractivity contribution is -0.138. The normalized spacial score (nSPS) is 11.4. The fourth-order valence-corrected chi connectivity index (χ4v) is 2.42. The predicted octanol–water partition coefficient (Wildman–Crippen LogP) is 2.58. The maximum absolute atomic E-state index is 12.3. The zero-order valence-corrected chi connectivity index (χ0v) is 13.9. The SMILES string of the molecule is CC(C(=O)C(=O)NCc1cccc(Cl)c1)N(C=O)c1ccccc1. The van der Waals surface area contributed by atoms with Crippen LogP contribution in [0.25, 0.3) is 0 Å². The third-order valence-corrected chi connectivity index (χ3v) is 3.77. The molecule has 0 spiro atoms. The molecular weight excluding hydrogens is 328 g/mol. The van der Waals surface area contributed by atoms with Crippen molar-refractivity contribution < 1.29 is 14.4 Å². The van der Waals surface area contributed by atoms with Gasteiger partial charge in [-0.05, 0) is 36.8 Å². The van der Waals surface area contributed by atoms with Gasteiger partial charge in [0.1, 0.15) is 6.04 Å². The van der Waals surface area contributed by atoms with E-state index in [2.05, 4.69) is 5.32 Å². The van der Waals surface area contributed by atoms with E-state index in [1.54, 1.807) is 54.6 Å². The maximum Gasteiger partial charge on any atom is 0.289 e. The lowest BCUT2D eigenvalue weighted by Crippen LogP contribution is -2.45. The Hall–Kier alpha value is -2.66. The molecular formula is C18H17ClN2O3. The van der Waals surface area contributed by atoms with Gasteiger partial charge in [0.15, 0.2) is 0 Å².